The molecule has 94 valence electrons. The molecule has 0 radical (unpaired) electrons. The molecule has 0 saturated carbocycles. The highest BCUT2D eigenvalue weighted by Gasteiger charge is 2.22. The fraction of sp³-hybridized carbons (Fsp3) is 0.583. The van der Waals surface area contributed by atoms with E-state index in [0.29, 0.717) is 21.9 Å². The van der Waals surface area contributed by atoms with E-state index < -0.39 is 0 Å². The van der Waals surface area contributed by atoms with E-state index in [-0.39, 0.29) is 0 Å². The Morgan fingerprint density at radius 3 is 2.76 bits per heavy atom. The zero-order valence-electron chi connectivity index (χ0n) is 10.1. The second-order valence-electron chi connectivity index (χ2n) is 4.41. The van der Waals surface area contributed by atoms with Gasteiger partial charge < -0.3 is 10.2 Å². The first-order valence-electron chi connectivity index (χ1n) is 5.94. The molecular formula is C12H17Cl2N3. The maximum atomic E-state index is 6.24. The number of hydrogen-bond acceptors (Lipinski definition) is 3. The Labute approximate surface area is 112 Å². The number of rotatable bonds is 2. The minimum atomic E-state index is 0.486. The van der Waals surface area contributed by atoms with Crippen molar-refractivity contribution in [3.8, 4) is 0 Å². The first kappa shape index (κ1) is 12.8. The summed E-state index contributed by atoms with van der Waals surface area (Å²) in [5.41, 5.74) is 0. The molecule has 1 atom stereocenters. The minimum Gasteiger partial charge on any atom is -0.372 e. The number of aromatic nitrogens is 1. The van der Waals surface area contributed by atoms with Crippen LogP contribution in [0.3, 0.4) is 0 Å². The van der Waals surface area contributed by atoms with Gasteiger partial charge in [-0.15, -0.1) is 0 Å². The number of hydrogen-bond donors (Lipinski definition) is 1. The van der Waals surface area contributed by atoms with E-state index in [1.165, 1.54) is 19.3 Å². The van der Waals surface area contributed by atoms with Gasteiger partial charge >= 0.3 is 0 Å². The molecule has 2 rings (SSSR count). The molecule has 1 fully saturated rings. The van der Waals surface area contributed by atoms with Gasteiger partial charge in [0.25, 0.3) is 0 Å². The zero-order chi connectivity index (χ0) is 12.4. The minimum absolute atomic E-state index is 0.486. The summed E-state index contributed by atoms with van der Waals surface area (Å²) in [5.74, 6) is 1.52. The molecule has 1 saturated heterocycles. The third-order valence-corrected chi connectivity index (χ3v) is 3.79. The predicted octanol–water partition coefficient (Wildman–Crippen LogP) is 3.81. The van der Waals surface area contributed by atoms with Gasteiger partial charge in [0, 0.05) is 19.6 Å². The number of piperidine rings is 1. The van der Waals surface area contributed by atoms with Crippen LogP contribution in [-0.4, -0.2) is 24.6 Å². The monoisotopic (exact) mass is 273 g/mol. The molecule has 1 unspecified atom stereocenters. The first-order valence-corrected chi connectivity index (χ1v) is 6.69. The second kappa shape index (κ2) is 5.32. The Kier molecular flexibility index (Phi) is 4.00. The lowest BCUT2D eigenvalue weighted by Gasteiger charge is -2.35. The van der Waals surface area contributed by atoms with Gasteiger partial charge in [0.15, 0.2) is 0 Å². The molecule has 1 aliphatic heterocycles. The number of nitrogens with one attached hydrogen (secondary N) is 1. The van der Waals surface area contributed by atoms with Crippen LogP contribution >= 0.6 is 23.2 Å². The number of pyridine rings is 1. The maximum absolute atomic E-state index is 6.24. The molecule has 2 heterocycles. The smallest absolute Gasteiger partial charge is 0.150 e. The summed E-state index contributed by atoms with van der Waals surface area (Å²) in [6, 6.07) is 2.25. The third kappa shape index (κ3) is 2.61. The van der Waals surface area contributed by atoms with Crippen LogP contribution in [0.2, 0.25) is 10.0 Å². The summed E-state index contributed by atoms with van der Waals surface area (Å²) in [6.07, 6.45) is 3.66. The number of halogens is 2. The number of anilines is 2. The van der Waals surface area contributed by atoms with Crippen LogP contribution in [0.25, 0.3) is 0 Å². The largest absolute Gasteiger partial charge is 0.372 e. The molecule has 1 aromatic rings. The molecule has 0 bridgehead atoms. The normalized spacial score (nSPS) is 20.5. The predicted molar refractivity (Wildman–Crippen MR) is 74.5 cm³/mol. The quantitative estimate of drug-likeness (QED) is 0.888. The number of nitrogens with zero attached hydrogens (tertiary/aromatic N) is 2. The van der Waals surface area contributed by atoms with Crippen LogP contribution in [0.5, 0.6) is 0 Å². The van der Waals surface area contributed by atoms with E-state index in [4.69, 9.17) is 23.2 Å². The van der Waals surface area contributed by atoms with E-state index in [0.717, 1.165) is 12.4 Å². The molecule has 1 aliphatic rings. The van der Waals surface area contributed by atoms with Crippen molar-refractivity contribution in [2.24, 2.45) is 0 Å². The van der Waals surface area contributed by atoms with Crippen molar-refractivity contribution in [2.45, 2.75) is 32.2 Å². The fourth-order valence-electron chi connectivity index (χ4n) is 2.25. The van der Waals surface area contributed by atoms with Crippen LogP contribution in [0.15, 0.2) is 6.07 Å². The van der Waals surface area contributed by atoms with E-state index >= 15 is 0 Å². The van der Waals surface area contributed by atoms with Gasteiger partial charge in [-0.05, 0) is 32.3 Å². The van der Waals surface area contributed by atoms with Crippen molar-refractivity contribution in [1.82, 2.24) is 4.98 Å². The standard InChI is InChI=1S/C12H17Cl2N3/c1-8-5-3-4-6-17(8)12-10(14)7-9(13)11(15-2)16-12/h7-8H,3-6H2,1-2H3,(H,15,16). The zero-order valence-corrected chi connectivity index (χ0v) is 11.6. The molecule has 0 spiro atoms. The third-order valence-electron chi connectivity index (χ3n) is 3.22. The van der Waals surface area contributed by atoms with Gasteiger partial charge in [-0.3, -0.25) is 0 Å². The highest BCUT2D eigenvalue weighted by atomic mass is 35.5. The lowest BCUT2D eigenvalue weighted by atomic mass is 10.0. The van der Waals surface area contributed by atoms with Gasteiger partial charge in [-0.1, -0.05) is 23.2 Å². The summed E-state index contributed by atoms with van der Waals surface area (Å²) in [5, 5.41) is 4.18. The Balaban J connectivity index is 2.36. The van der Waals surface area contributed by atoms with Gasteiger partial charge in [0.2, 0.25) is 0 Å². The van der Waals surface area contributed by atoms with E-state index in [1.54, 1.807) is 6.07 Å². The van der Waals surface area contributed by atoms with Gasteiger partial charge in [-0.25, -0.2) is 4.98 Å². The average molecular weight is 274 g/mol. The summed E-state index contributed by atoms with van der Waals surface area (Å²) in [7, 11) is 1.81. The fourth-order valence-corrected chi connectivity index (χ4v) is 2.81. The van der Waals surface area contributed by atoms with Gasteiger partial charge in [0.1, 0.15) is 11.6 Å². The van der Waals surface area contributed by atoms with Crippen molar-refractivity contribution >= 4 is 34.8 Å². The molecule has 1 N–H and O–H groups in total. The van der Waals surface area contributed by atoms with Crippen LogP contribution in [0.4, 0.5) is 11.6 Å². The first-order chi connectivity index (χ1) is 8.13. The van der Waals surface area contributed by atoms with Crippen LogP contribution in [-0.2, 0) is 0 Å². The van der Waals surface area contributed by atoms with Crippen molar-refractivity contribution in [1.29, 1.82) is 0 Å². The highest BCUT2D eigenvalue weighted by molar-refractivity contribution is 6.37. The van der Waals surface area contributed by atoms with E-state index in [2.05, 4.69) is 22.1 Å². The topological polar surface area (TPSA) is 28.2 Å². The van der Waals surface area contributed by atoms with E-state index in [1.807, 2.05) is 7.05 Å². The maximum Gasteiger partial charge on any atom is 0.150 e. The van der Waals surface area contributed by atoms with Crippen LogP contribution in [0, 0.1) is 0 Å². The van der Waals surface area contributed by atoms with Crippen LogP contribution in [0.1, 0.15) is 26.2 Å². The van der Waals surface area contributed by atoms with Crippen molar-refractivity contribution in [3.63, 3.8) is 0 Å². The molecule has 0 aliphatic carbocycles. The van der Waals surface area contributed by atoms with Crippen molar-refractivity contribution in [2.75, 3.05) is 23.8 Å². The Bertz CT molecular complexity index is 409. The average Bonchev–Trinajstić information content (AvgIpc) is 2.31. The Morgan fingerprint density at radius 2 is 2.12 bits per heavy atom. The van der Waals surface area contributed by atoms with Crippen molar-refractivity contribution < 1.29 is 0 Å². The van der Waals surface area contributed by atoms with Gasteiger partial charge in [-0.2, -0.15) is 0 Å². The summed E-state index contributed by atoms with van der Waals surface area (Å²) >= 11 is 12.3. The van der Waals surface area contributed by atoms with E-state index in [9.17, 15) is 0 Å². The molecule has 1 aromatic heterocycles. The molecule has 17 heavy (non-hydrogen) atoms. The Hall–Kier alpha value is -0.670. The molecule has 0 aromatic carbocycles. The van der Waals surface area contributed by atoms with Gasteiger partial charge in [0.05, 0.1) is 10.0 Å². The highest BCUT2D eigenvalue weighted by Crippen LogP contribution is 2.34. The SMILES string of the molecule is CNc1nc(N2CCCCC2C)c(Cl)cc1Cl. The molecule has 5 heteroatoms. The molecule has 3 nitrogen and oxygen atoms in total. The second-order valence-corrected chi connectivity index (χ2v) is 5.23. The summed E-state index contributed by atoms with van der Waals surface area (Å²) in [6.45, 7) is 3.23. The molecular weight excluding hydrogens is 257 g/mol. The lowest BCUT2D eigenvalue weighted by Crippen LogP contribution is -2.38. The molecule has 0 amide bonds. The summed E-state index contributed by atoms with van der Waals surface area (Å²) in [4.78, 5) is 6.78. The van der Waals surface area contributed by atoms with Crippen LogP contribution < -0.4 is 10.2 Å². The lowest BCUT2D eigenvalue weighted by molar-refractivity contribution is 0.481. The Morgan fingerprint density at radius 1 is 1.35 bits per heavy atom. The summed E-state index contributed by atoms with van der Waals surface area (Å²) < 4.78 is 0. The van der Waals surface area contributed by atoms with Crippen molar-refractivity contribution in [3.05, 3.63) is 16.1 Å².